The summed E-state index contributed by atoms with van der Waals surface area (Å²) in [6, 6.07) is 3.39. The van der Waals surface area contributed by atoms with Crippen molar-refractivity contribution in [2.24, 2.45) is 0 Å². The molecule has 0 atom stereocenters. The summed E-state index contributed by atoms with van der Waals surface area (Å²) in [4.78, 5) is 14.8. The minimum atomic E-state index is 0.384. The van der Waals surface area contributed by atoms with Gasteiger partial charge in [-0.2, -0.15) is 0 Å². The number of carbonyl (C=O) groups is 1. The number of aromatic nitrogens is 3. The number of nitrogens with zero attached hydrogens (tertiary/aromatic N) is 3. The minimum absolute atomic E-state index is 0.384. The summed E-state index contributed by atoms with van der Waals surface area (Å²) in [5.74, 6) is 0.487. The molecule has 0 bridgehead atoms. The van der Waals surface area contributed by atoms with E-state index in [1.807, 2.05) is 0 Å². The quantitative estimate of drug-likeness (QED) is 0.735. The summed E-state index contributed by atoms with van der Waals surface area (Å²) in [5, 5.41) is 8.44. The van der Waals surface area contributed by atoms with Crippen LogP contribution in [0.15, 0.2) is 33.0 Å². The van der Waals surface area contributed by atoms with Crippen LogP contribution >= 0.6 is 11.8 Å². The van der Waals surface area contributed by atoms with Gasteiger partial charge in [0.1, 0.15) is 5.03 Å². The fraction of sp³-hybridized carbons (Fsp3) is 0.111. The Kier molecular flexibility index (Phi) is 2.77. The molecule has 0 aromatic carbocycles. The zero-order valence-electron chi connectivity index (χ0n) is 7.88. The molecule has 76 valence electrons. The van der Waals surface area contributed by atoms with Crippen LogP contribution in [0.1, 0.15) is 16.2 Å². The molecule has 0 amide bonds. The van der Waals surface area contributed by atoms with Gasteiger partial charge in [0.05, 0.1) is 0 Å². The third-order valence-corrected chi connectivity index (χ3v) is 2.49. The van der Waals surface area contributed by atoms with Gasteiger partial charge in [-0.25, -0.2) is 4.98 Å². The smallest absolute Gasteiger partial charge is 0.282 e. The van der Waals surface area contributed by atoms with E-state index in [9.17, 15) is 4.79 Å². The molecule has 2 aromatic heterocycles. The maximum absolute atomic E-state index is 10.7. The lowest BCUT2D eigenvalue weighted by Gasteiger charge is -1.97. The summed E-state index contributed by atoms with van der Waals surface area (Å²) >= 11 is 1.18. The van der Waals surface area contributed by atoms with Gasteiger partial charge in [-0.3, -0.25) is 4.79 Å². The van der Waals surface area contributed by atoms with Gasteiger partial charge in [0.2, 0.25) is 5.89 Å². The monoisotopic (exact) mass is 221 g/mol. The van der Waals surface area contributed by atoms with Crippen LogP contribution < -0.4 is 0 Å². The summed E-state index contributed by atoms with van der Waals surface area (Å²) in [6.07, 6.45) is 2.36. The number of carbonyl (C=O) groups excluding carboxylic acids is 1. The Morgan fingerprint density at radius 2 is 2.33 bits per heavy atom. The zero-order chi connectivity index (χ0) is 10.7. The van der Waals surface area contributed by atoms with Crippen LogP contribution in [0.5, 0.6) is 0 Å². The molecule has 15 heavy (non-hydrogen) atoms. The Bertz CT molecular complexity index is 484. The van der Waals surface area contributed by atoms with E-state index in [0.717, 1.165) is 6.29 Å². The van der Waals surface area contributed by atoms with Crippen molar-refractivity contribution in [1.82, 2.24) is 15.2 Å². The molecule has 0 radical (unpaired) electrons. The fourth-order valence-corrected chi connectivity index (χ4v) is 1.74. The highest BCUT2D eigenvalue weighted by Crippen LogP contribution is 2.26. The van der Waals surface area contributed by atoms with Crippen molar-refractivity contribution in [1.29, 1.82) is 0 Å². The van der Waals surface area contributed by atoms with Gasteiger partial charge in [-0.15, -0.1) is 10.2 Å². The first-order chi connectivity index (χ1) is 7.29. The van der Waals surface area contributed by atoms with Crippen LogP contribution in [0.4, 0.5) is 0 Å². The summed E-state index contributed by atoms with van der Waals surface area (Å²) in [6.45, 7) is 1.70. The normalized spacial score (nSPS) is 10.2. The topological polar surface area (TPSA) is 68.9 Å². The molecule has 0 spiro atoms. The third-order valence-electron chi connectivity index (χ3n) is 1.62. The molecule has 0 saturated heterocycles. The number of aryl methyl sites for hydroxylation is 1. The van der Waals surface area contributed by atoms with E-state index in [0.29, 0.717) is 21.7 Å². The van der Waals surface area contributed by atoms with Crippen LogP contribution in [0.25, 0.3) is 0 Å². The molecule has 6 heteroatoms. The van der Waals surface area contributed by atoms with Gasteiger partial charge in [0.25, 0.3) is 5.22 Å². The maximum Gasteiger partial charge on any atom is 0.282 e. The minimum Gasteiger partial charge on any atom is -0.416 e. The molecular formula is C9H7N3O2S. The molecule has 0 fully saturated rings. The van der Waals surface area contributed by atoms with E-state index in [1.54, 1.807) is 25.3 Å². The van der Waals surface area contributed by atoms with Crippen LogP contribution in [-0.2, 0) is 0 Å². The van der Waals surface area contributed by atoms with Crippen LogP contribution in [0.2, 0.25) is 0 Å². The second kappa shape index (κ2) is 4.22. The number of rotatable bonds is 3. The van der Waals surface area contributed by atoms with Crippen molar-refractivity contribution in [3.05, 3.63) is 29.8 Å². The Morgan fingerprint density at radius 1 is 1.47 bits per heavy atom. The molecule has 0 aliphatic heterocycles. The van der Waals surface area contributed by atoms with E-state index in [2.05, 4.69) is 15.2 Å². The molecule has 0 N–H and O–H groups in total. The van der Waals surface area contributed by atoms with Crippen molar-refractivity contribution in [2.45, 2.75) is 17.2 Å². The average molecular weight is 221 g/mol. The third kappa shape index (κ3) is 2.21. The molecule has 0 unspecified atom stereocenters. The Hall–Kier alpha value is -1.69. The molecule has 0 aliphatic rings. The highest BCUT2D eigenvalue weighted by molar-refractivity contribution is 7.99. The van der Waals surface area contributed by atoms with Crippen LogP contribution in [0.3, 0.4) is 0 Å². The van der Waals surface area contributed by atoms with Crippen molar-refractivity contribution < 1.29 is 9.21 Å². The van der Waals surface area contributed by atoms with Gasteiger partial charge in [-0.05, 0) is 23.9 Å². The van der Waals surface area contributed by atoms with Crippen LogP contribution in [0, 0.1) is 6.92 Å². The zero-order valence-corrected chi connectivity index (χ0v) is 8.69. The van der Waals surface area contributed by atoms with Gasteiger partial charge in [0.15, 0.2) is 6.29 Å². The van der Waals surface area contributed by atoms with Gasteiger partial charge in [-0.1, -0.05) is 0 Å². The largest absolute Gasteiger partial charge is 0.416 e. The average Bonchev–Trinajstić information content (AvgIpc) is 2.65. The number of pyridine rings is 1. The van der Waals surface area contributed by atoms with Crippen molar-refractivity contribution in [3.63, 3.8) is 0 Å². The number of aldehydes is 1. The number of hydrogen-bond donors (Lipinski definition) is 0. The Morgan fingerprint density at radius 3 is 3.00 bits per heavy atom. The lowest BCUT2D eigenvalue weighted by Crippen LogP contribution is -1.88. The lowest BCUT2D eigenvalue weighted by atomic mass is 10.3. The molecule has 2 aromatic rings. The first-order valence-corrected chi connectivity index (χ1v) is 4.99. The summed E-state index contributed by atoms with van der Waals surface area (Å²) in [7, 11) is 0. The second-order valence-electron chi connectivity index (χ2n) is 2.70. The standard InChI is InChI=1S/C9H7N3O2S/c1-6-11-12-9(14-6)15-8-7(5-13)3-2-4-10-8/h2-5H,1H3. The predicted molar refractivity (Wildman–Crippen MR) is 52.8 cm³/mol. The molecular weight excluding hydrogens is 214 g/mol. The molecule has 0 saturated carbocycles. The molecule has 2 rings (SSSR count). The van der Waals surface area contributed by atoms with E-state index in [-0.39, 0.29) is 0 Å². The van der Waals surface area contributed by atoms with E-state index < -0.39 is 0 Å². The first-order valence-electron chi connectivity index (χ1n) is 4.18. The SMILES string of the molecule is Cc1nnc(Sc2ncccc2C=O)o1. The Labute approximate surface area is 89.9 Å². The highest BCUT2D eigenvalue weighted by atomic mass is 32.2. The summed E-state index contributed by atoms with van der Waals surface area (Å²) in [5.41, 5.74) is 0.512. The first kappa shape index (κ1) is 9.85. The van der Waals surface area contributed by atoms with E-state index in [1.165, 1.54) is 11.8 Å². The second-order valence-corrected chi connectivity index (χ2v) is 3.64. The summed E-state index contributed by atoms with van der Waals surface area (Å²) < 4.78 is 5.17. The molecule has 2 heterocycles. The van der Waals surface area contributed by atoms with Crippen LogP contribution in [-0.4, -0.2) is 21.5 Å². The lowest BCUT2D eigenvalue weighted by molar-refractivity contribution is 0.112. The molecule has 0 aliphatic carbocycles. The highest BCUT2D eigenvalue weighted by Gasteiger charge is 2.09. The van der Waals surface area contributed by atoms with Gasteiger partial charge < -0.3 is 4.42 Å². The van der Waals surface area contributed by atoms with E-state index in [4.69, 9.17) is 4.42 Å². The van der Waals surface area contributed by atoms with Gasteiger partial charge in [0, 0.05) is 18.7 Å². The van der Waals surface area contributed by atoms with Crippen molar-refractivity contribution >= 4 is 18.0 Å². The van der Waals surface area contributed by atoms with E-state index >= 15 is 0 Å². The Balaban J connectivity index is 2.27. The number of hydrogen-bond acceptors (Lipinski definition) is 6. The van der Waals surface area contributed by atoms with Crippen molar-refractivity contribution in [2.75, 3.05) is 0 Å². The predicted octanol–water partition coefficient (Wildman–Crippen LogP) is 1.74. The van der Waals surface area contributed by atoms with Gasteiger partial charge >= 0.3 is 0 Å². The molecule has 5 nitrogen and oxygen atoms in total. The fourth-order valence-electron chi connectivity index (χ4n) is 0.981. The van der Waals surface area contributed by atoms with Crippen molar-refractivity contribution in [3.8, 4) is 0 Å². The maximum atomic E-state index is 10.7.